The summed E-state index contributed by atoms with van der Waals surface area (Å²) in [6.45, 7) is 6.07. The van der Waals surface area contributed by atoms with Crippen molar-refractivity contribution in [2.24, 2.45) is 0 Å². The lowest BCUT2D eigenvalue weighted by Crippen LogP contribution is -2.49. The Bertz CT molecular complexity index is 783. The number of hydrogen-bond donors (Lipinski definition) is 2. The zero-order valence-electron chi connectivity index (χ0n) is 15.9. The second kappa shape index (κ2) is 8.50. The maximum atomic E-state index is 10.8. The van der Waals surface area contributed by atoms with Crippen LogP contribution in [0.3, 0.4) is 0 Å². The zero-order chi connectivity index (χ0) is 18.8. The molecule has 2 N–H and O–H groups in total. The SMILES string of the molecule is OCCN1CCN(C[C@@H](O)Cn2c3c(c4cccc(Cl)c42)CCCC3)CC1. The van der Waals surface area contributed by atoms with Crippen LogP contribution in [-0.2, 0) is 19.4 Å². The molecule has 0 radical (unpaired) electrons. The third kappa shape index (κ3) is 4.03. The van der Waals surface area contributed by atoms with E-state index in [0.717, 1.165) is 56.1 Å². The van der Waals surface area contributed by atoms with Crippen LogP contribution in [0.1, 0.15) is 24.1 Å². The van der Waals surface area contributed by atoms with E-state index in [1.165, 1.54) is 29.5 Å². The van der Waals surface area contributed by atoms with E-state index < -0.39 is 6.10 Å². The van der Waals surface area contributed by atoms with Crippen molar-refractivity contribution in [3.05, 3.63) is 34.5 Å². The second-order valence-electron chi connectivity index (χ2n) is 7.90. The molecule has 0 bridgehead atoms. The summed E-state index contributed by atoms with van der Waals surface area (Å²) < 4.78 is 2.29. The van der Waals surface area contributed by atoms with Gasteiger partial charge in [0.2, 0.25) is 0 Å². The third-order valence-corrected chi connectivity index (χ3v) is 6.39. The number of aliphatic hydroxyl groups excluding tert-OH is 2. The Kier molecular flexibility index (Phi) is 6.05. The minimum atomic E-state index is -0.410. The standard InChI is InChI=1S/C21H30ClN3O2/c22-19-6-3-5-18-17-4-1-2-7-20(17)25(21(18)19)15-16(27)14-24-10-8-23(9-11-24)12-13-26/h3,5-6,16,26-27H,1-2,4,7-15H2/t16-/m1/s1. The second-order valence-corrected chi connectivity index (χ2v) is 8.31. The fourth-order valence-corrected chi connectivity index (χ4v) is 5.03. The van der Waals surface area contributed by atoms with Gasteiger partial charge in [-0.1, -0.05) is 23.7 Å². The van der Waals surface area contributed by atoms with Gasteiger partial charge in [-0.15, -0.1) is 0 Å². The molecule has 1 atom stereocenters. The normalized spacial score (nSPS) is 20.1. The molecule has 0 saturated carbocycles. The first-order chi connectivity index (χ1) is 13.2. The largest absolute Gasteiger partial charge is 0.395 e. The summed E-state index contributed by atoms with van der Waals surface area (Å²) in [7, 11) is 0. The molecule has 2 aromatic rings. The molecular weight excluding hydrogens is 362 g/mol. The lowest BCUT2D eigenvalue weighted by Gasteiger charge is -2.35. The van der Waals surface area contributed by atoms with Gasteiger partial charge in [0.15, 0.2) is 0 Å². The van der Waals surface area contributed by atoms with Gasteiger partial charge in [0.05, 0.1) is 29.8 Å². The number of piperazine rings is 1. The van der Waals surface area contributed by atoms with Crippen LogP contribution in [0, 0.1) is 0 Å². The molecule has 1 aliphatic heterocycles. The molecule has 1 fully saturated rings. The number of halogens is 1. The van der Waals surface area contributed by atoms with Crippen molar-refractivity contribution in [1.29, 1.82) is 0 Å². The van der Waals surface area contributed by atoms with Crippen molar-refractivity contribution in [3.63, 3.8) is 0 Å². The van der Waals surface area contributed by atoms with Gasteiger partial charge >= 0.3 is 0 Å². The highest BCUT2D eigenvalue weighted by Crippen LogP contribution is 2.35. The molecule has 4 rings (SSSR count). The molecule has 5 nitrogen and oxygen atoms in total. The topological polar surface area (TPSA) is 51.9 Å². The number of aromatic nitrogens is 1. The summed E-state index contributed by atoms with van der Waals surface area (Å²) in [6, 6.07) is 6.17. The summed E-state index contributed by atoms with van der Waals surface area (Å²) in [5, 5.41) is 22.0. The number of β-amino-alcohol motifs (C(OH)–C–C–N with tert-alkyl or cyclic N) is 2. The van der Waals surface area contributed by atoms with E-state index in [9.17, 15) is 5.11 Å². The van der Waals surface area contributed by atoms with Crippen molar-refractivity contribution in [1.82, 2.24) is 14.4 Å². The number of aliphatic hydroxyl groups is 2. The van der Waals surface area contributed by atoms with Gasteiger partial charge < -0.3 is 14.8 Å². The van der Waals surface area contributed by atoms with E-state index >= 15 is 0 Å². The summed E-state index contributed by atoms with van der Waals surface area (Å²) in [4.78, 5) is 4.61. The third-order valence-electron chi connectivity index (χ3n) is 6.09. The molecular formula is C21H30ClN3O2. The first-order valence-corrected chi connectivity index (χ1v) is 10.6. The van der Waals surface area contributed by atoms with Crippen molar-refractivity contribution in [3.8, 4) is 0 Å². The quantitative estimate of drug-likeness (QED) is 0.792. The molecule has 27 heavy (non-hydrogen) atoms. The predicted octanol–water partition coefficient (Wildman–Crippen LogP) is 2.14. The molecule has 1 aromatic carbocycles. The van der Waals surface area contributed by atoms with Crippen LogP contribution in [-0.4, -0.2) is 76.6 Å². The van der Waals surface area contributed by atoms with Gasteiger partial charge in [0.1, 0.15) is 0 Å². The number of nitrogens with zero attached hydrogens (tertiary/aromatic N) is 3. The number of rotatable bonds is 6. The van der Waals surface area contributed by atoms with E-state index in [0.29, 0.717) is 13.1 Å². The van der Waals surface area contributed by atoms with Gasteiger partial charge in [-0.25, -0.2) is 0 Å². The number of fused-ring (bicyclic) bond motifs is 3. The molecule has 0 amide bonds. The number of hydrogen-bond acceptors (Lipinski definition) is 4. The predicted molar refractivity (Wildman–Crippen MR) is 110 cm³/mol. The van der Waals surface area contributed by atoms with Gasteiger partial charge in [-0.3, -0.25) is 9.80 Å². The molecule has 0 spiro atoms. The smallest absolute Gasteiger partial charge is 0.0845 e. The van der Waals surface area contributed by atoms with Crippen molar-refractivity contribution < 1.29 is 10.2 Å². The molecule has 1 saturated heterocycles. The number of benzene rings is 1. The molecule has 1 aromatic heterocycles. The van der Waals surface area contributed by atoms with Gasteiger partial charge in [0.25, 0.3) is 0 Å². The number of aryl methyl sites for hydroxylation is 1. The Morgan fingerprint density at radius 3 is 2.52 bits per heavy atom. The van der Waals surface area contributed by atoms with E-state index in [4.69, 9.17) is 16.7 Å². The van der Waals surface area contributed by atoms with Crippen LogP contribution in [0.2, 0.25) is 5.02 Å². The van der Waals surface area contributed by atoms with Crippen molar-refractivity contribution in [2.45, 2.75) is 38.3 Å². The van der Waals surface area contributed by atoms with E-state index in [1.807, 2.05) is 12.1 Å². The van der Waals surface area contributed by atoms with Crippen LogP contribution in [0.4, 0.5) is 0 Å². The fourth-order valence-electron chi connectivity index (χ4n) is 4.75. The van der Waals surface area contributed by atoms with Crippen LogP contribution >= 0.6 is 11.6 Å². The lowest BCUT2D eigenvalue weighted by atomic mass is 9.95. The highest BCUT2D eigenvalue weighted by molar-refractivity contribution is 6.35. The first kappa shape index (κ1) is 19.2. The first-order valence-electron chi connectivity index (χ1n) is 10.2. The molecule has 0 unspecified atom stereocenters. The molecule has 6 heteroatoms. The monoisotopic (exact) mass is 391 g/mol. The average Bonchev–Trinajstić information content (AvgIpc) is 2.99. The van der Waals surface area contributed by atoms with Crippen LogP contribution in [0.5, 0.6) is 0 Å². The van der Waals surface area contributed by atoms with Gasteiger partial charge in [-0.2, -0.15) is 0 Å². The molecule has 1 aliphatic carbocycles. The minimum absolute atomic E-state index is 0.217. The highest BCUT2D eigenvalue weighted by atomic mass is 35.5. The van der Waals surface area contributed by atoms with Crippen LogP contribution in [0.25, 0.3) is 10.9 Å². The summed E-state index contributed by atoms with van der Waals surface area (Å²) >= 11 is 6.56. The van der Waals surface area contributed by atoms with Crippen LogP contribution in [0.15, 0.2) is 18.2 Å². The zero-order valence-corrected chi connectivity index (χ0v) is 16.7. The minimum Gasteiger partial charge on any atom is -0.395 e. The Hall–Kier alpha value is -1.11. The Morgan fingerprint density at radius 2 is 1.74 bits per heavy atom. The Labute approximate surface area is 166 Å². The Balaban J connectivity index is 1.49. The van der Waals surface area contributed by atoms with E-state index in [-0.39, 0.29) is 6.61 Å². The van der Waals surface area contributed by atoms with Gasteiger partial charge in [-0.05, 0) is 37.3 Å². The van der Waals surface area contributed by atoms with Gasteiger partial charge in [0, 0.05) is 50.3 Å². The number of para-hydroxylation sites is 1. The van der Waals surface area contributed by atoms with E-state index in [2.05, 4.69) is 20.4 Å². The molecule has 2 heterocycles. The lowest BCUT2D eigenvalue weighted by molar-refractivity contribution is 0.0593. The summed E-state index contributed by atoms with van der Waals surface area (Å²) in [6.07, 6.45) is 4.23. The average molecular weight is 392 g/mol. The highest BCUT2D eigenvalue weighted by Gasteiger charge is 2.24. The summed E-state index contributed by atoms with van der Waals surface area (Å²) in [5.74, 6) is 0. The van der Waals surface area contributed by atoms with E-state index in [1.54, 1.807) is 0 Å². The van der Waals surface area contributed by atoms with Crippen molar-refractivity contribution >= 4 is 22.5 Å². The Morgan fingerprint density at radius 1 is 1.00 bits per heavy atom. The maximum Gasteiger partial charge on any atom is 0.0845 e. The maximum absolute atomic E-state index is 10.8. The van der Waals surface area contributed by atoms with Crippen LogP contribution < -0.4 is 0 Å². The fraction of sp³-hybridized carbons (Fsp3) is 0.619. The summed E-state index contributed by atoms with van der Waals surface area (Å²) in [5.41, 5.74) is 3.90. The molecule has 2 aliphatic rings. The molecule has 148 valence electrons. The van der Waals surface area contributed by atoms with Crippen molar-refractivity contribution in [2.75, 3.05) is 45.9 Å².